The Morgan fingerprint density at radius 1 is 1.48 bits per heavy atom. The lowest BCUT2D eigenvalue weighted by molar-refractivity contribution is -0.123. The number of aryl methyl sites for hydroxylation is 2. The minimum atomic E-state index is -0.509. The molecule has 0 bridgehead atoms. The van der Waals surface area contributed by atoms with Gasteiger partial charge in [-0.3, -0.25) is 14.3 Å². The molecule has 3 rings (SSSR count). The Kier molecular flexibility index (Phi) is 4.01. The lowest BCUT2D eigenvalue weighted by Crippen LogP contribution is -2.40. The smallest absolute Gasteiger partial charge is 0.249 e. The molecule has 1 saturated heterocycles. The first-order chi connectivity index (χ1) is 11.0. The van der Waals surface area contributed by atoms with E-state index in [-0.39, 0.29) is 11.8 Å². The molecule has 1 aliphatic rings. The van der Waals surface area contributed by atoms with E-state index in [9.17, 15) is 9.59 Å². The molecule has 1 aliphatic heterocycles. The summed E-state index contributed by atoms with van der Waals surface area (Å²) in [4.78, 5) is 25.9. The van der Waals surface area contributed by atoms with Crippen molar-refractivity contribution in [1.29, 1.82) is 0 Å². The van der Waals surface area contributed by atoms with E-state index in [1.807, 2.05) is 13.0 Å². The molecule has 7 heteroatoms. The molecule has 2 aromatic heterocycles. The second-order valence-corrected chi connectivity index (χ2v) is 5.49. The maximum Gasteiger partial charge on any atom is 0.249 e. The van der Waals surface area contributed by atoms with Gasteiger partial charge in [0.05, 0.1) is 11.9 Å². The van der Waals surface area contributed by atoms with Gasteiger partial charge < -0.3 is 14.6 Å². The summed E-state index contributed by atoms with van der Waals surface area (Å²) in [5, 5.41) is 6.79. The zero-order chi connectivity index (χ0) is 16.4. The molecule has 7 nitrogen and oxygen atoms in total. The van der Waals surface area contributed by atoms with E-state index in [0.717, 1.165) is 11.4 Å². The largest absolute Gasteiger partial charge is 0.462 e. The Morgan fingerprint density at radius 2 is 2.30 bits per heavy atom. The van der Waals surface area contributed by atoms with Crippen LogP contribution in [-0.2, 0) is 16.6 Å². The van der Waals surface area contributed by atoms with E-state index in [2.05, 4.69) is 10.4 Å². The van der Waals surface area contributed by atoms with Crippen molar-refractivity contribution in [3.05, 3.63) is 42.1 Å². The summed E-state index contributed by atoms with van der Waals surface area (Å²) in [6.07, 6.45) is 6.95. The average Bonchev–Trinajstić information content (AvgIpc) is 3.20. The van der Waals surface area contributed by atoms with Crippen LogP contribution in [-0.4, -0.2) is 34.2 Å². The normalized spacial score (nSPS) is 18.1. The molecular formula is C16H18N4O3. The lowest BCUT2D eigenvalue weighted by Gasteiger charge is -2.14. The predicted molar refractivity (Wildman–Crippen MR) is 84.6 cm³/mol. The average molecular weight is 314 g/mol. The molecule has 0 unspecified atom stereocenters. The molecule has 0 saturated carbocycles. The third-order valence-corrected chi connectivity index (χ3v) is 3.69. The molecule has 1 fully saturated rings. The summed E-state index contributed by atoms with van der Waals surface area (Å²) in [6, 6.07) is 3.10. The van der Waals surface area contributed by atoms with Gasteiger partial charge in [-0.05, 0) is 31.6 Å². The molecule has 3 heterocycles. The zero-order valence-electron chi connectivity index (χ0n) is 13.0. The molecule has 2 amide bonds. The van der Waals surface area contributed by atoms with Gasteiger partial charge in [0.25, 0.3) is 0 Å². The molecule has 1 N–H and O–H groups in total. The van der Waals surface area contributed by atoms with Crippen LogP contribution in [0.2, 0.25) is 0 Å². The van der Waals surface area contributed by atoms with Gasteiger partial charge >= 0.3 is 0 Å². The summed E-state index contributed by atoms with van der Waals surface area (Å²) in [5.74, 6) is 0.953. The lowest BCUT2D eigenvalue weighted by atomic mass is 10.2. The maximum atomic E-state index is 12.4. The third kappa shape index (κ3) is 3.33. The van der Waals surface area contributed by atoms with Crippen molar-refractivity contribution >= 4 is 23.6 Å². The van der Waals surface area contributed by atoms with Crippen LogP contribution >= 0.6 is 0 Å². The van der Waals surface area contributed by atoms with Gasteiger partial charge in [0, 0.05) is 25.9 Å². The topological polar surface area (TPSA) is 80.4 Å². The van der Waals surface area contributed by atoms with Crippen LogP contribution in [0.25, 0.3) is 6.08 Å². The van der Waals surface area contributed by atoms with Crippen LogP contribution in [0.15, 0.2) is 35.0 Å². The summed E-state index contributed by atoms with van der Waals surface area (Å²) in [6.45, 7) is 2.40. The molecular weight excluding hydrogens is 296 g/mol. The quantitative estimate of drug-likeness (QED) is 0.862. The predicted octanol–water partition coefficient (Wildman–Crippen LogP) is 1.26. The highest BCUT2D eigenvalue weighted by atomic mass is 16.3. The highest BCUT2D eigenvalue weighted by molar-refractivity contribution is 6.02. The second-order valence-electron chi connectivity index (χ2n) is 5.49. The highest BCUT2D eigenvalue weighted by Gasteiger charge is 2.33. The Bertz CT molecular complexity index is 759. The van der Waals surface area contributed by atoms with Crippen molar-refractivity contribution < 1.29 is 14.0 Å². The molecule has 23 heavy (non-hydrogen) atoms. The Balaban J connectivity index is 1.59. The van der Waals surface area contributed by atoms with Crippen molar-refractivity contribution in [2.45, 2.75) is 19.4 Å². The molecule has 2 aromatic rings. The van der Waals surface area contributed by atoms with Gasteiger partial charge in [0.15, 0.2) is 0 Å². The van der Waals surface area contributed by atoms with Crippen LogP contribution in [0.5, 0.6) is 0 Å². The van der Waals surface area contributed by atoms with E-state index in [1.54, 1.807) is 41.2 Å². The van der Waals surface area contributed by atoms with Crippen LogP contribution in [0.3, 0.4) is 0 Å². The number of anilines is 1. The first-order valence-electron chi connectivity index (χ1n) is 7.38. The van der Waals surface area contributed by atoms with Crippen LogP contribution in [0, 0.1) is 6.92 Å². The highest BCUT2D eigenvalue weighted by Crippen LogP contribution is 2.20. The van der Waals surface area contributed by atoms with Crippen LogP contribution in [0.1, 0.15) is 17.9 Å². The van der Waals surface area contributed by atoms with Gasteiger partial charge in [-0.15, -0.1) is 0 Å². The maximum absolute atomic E-state index is 12.4. The summed E-state index contributed by atoms with van der Waals surface area (Å²) in [7, 11) is 1.80. The Hall–Kier alpha value is -2.83. The number of rotatable bonds is 4. The Labute approximate surface area is 133 Å². The van der Waals surface area contributed by atoms with Gasteiger partial charge in [0.1, 0.15) is 17.6 Å². The summed E-state index contributed by atoms with van der Waals surface area (Å²) < 4.78 is 6.99. The van der Waals surface area contributed by atoms with Crippen molar-refractivity contribution in [2.75, 3.05) is 11.4 Å². The fourth-order valence-corrected chi connectivity index (χ4v) is 2.54. The fraction of sp³-hybridized carbons (Fsp3) is 0.312. The van der Waals surface area contributed by atoms with Gasteiger partial charge in [-0.2, -0.15) is 5.10 Å². The number of nitrogens with one attached hydrogen (secondary N) is 1. The van der Waals surface area contributed by atoms with Gasteiger partial charge in [-0.1, -0.05) is 0 Å². The minimum Gasteiger partial charge on any atom is -0.462 e. The number of hydrogen-bond donors (Lipinski definition) is 1. The Morgan fingerprint density at radius 3 is 2.96 bits per heavy atom. The van der Waals surface area contributed by atoms with Crippen LogP contribution < -0.4 is 10.2 Å². The standard InChI is InChI=1S/C16H18N4O3/c1-11-3-4-13(23-11)5-6-15(21)18-14-7-8-20(16(14)22)12-9-17-19(2)10-12/h3-6,9-10,14H,7-8H2,1-2H3,(H,18,21)/b6-5-/t14-/m1/s1. The van der Waals surface area contributed by atoms with Crippen molar-refractivity contribution in [3.63, 3.8) is 0 Å². The number of nitrogens with zero attached hydrogens (tertiary/aromatic N) is 3. The molecule has 0 aliphatic carbocycles. The van der Waals surface area contributed by atoms with Gasteiger partial charge in [0.2, 0.25) is 11.8 Å². The number of hydrogen-bond acceptors (Lipinski definition) is 4. The van der Waals surface area contributed by atoms with Gasteiger partial charge in [-0.25, -0.2) is 0 Å². The van der Waals surface area contributed by atoms with E-state index in [4.69, 9.17) is 4.42 Å². The summed E-state index contributed by atoms with van der Waals surface area (Å²) >= 11 is 0. The van der Waals surface area contributed by atoms with E-state index in [1.165, 1.54) is 6.08 Å². The molecule has 0 radical (unpaired) electrons. The monoisotopic (exact) mass is 314 g/mol. The van der Waals surface area contributed by atoms with E-state index < -0.39 is 6.04 Å². The number of carbonyl (C=O) groups is 2. The number of amides is 2. The molecule has 1 atom stereocenters. The zero-order valence-corrected chi connectivity index (χ0v) is 13.0. The van der Waals surface area contributed by atoms with E-state index >= 15 is 0 Å². The van der Waals surface area contributed by atoms with Crippen molar-refractivity contribution in [2.24, 2.45) is 7.05 Å². The van der Waals surface area contributed by atoms with Crippen molar-refractivity contribution in [3.8, 4) is 0 Å². The number of furan rings is 1. The first kappa shape index (κ1) is 15.1. The minimum absolute atomic E-state index is 0.117. The number of carbonyl (C=O) groups excluding carboxylic acids is 2. The first-order valence-corrected chi connectivity index (χ1v) is 7.38. The summed E-state index contributed by atoms with van der Waals surface area (Å²) in [5.41, 5.74) is 0.746. The number of aromatic nitrogens is 2. The molecule has 120 valence electrons. The SMILES string of the molecule is Cc1ccc(/C=C\C(=O)N[C@@H]2CCN(c3cnn(C)c3)C2=O)o1. The second kappa shape index (κ2) is 6.12. The van der Waals surface area contributed by atoms with Crippen molar-refractivity contribution in [1.82, 2.24) is 15.1 Å². The molecule has 0 aromatic carbocycles. The third-order valence-electron chi connectivity index (χ3n) is 3.69. The van der Waals surface area contributed by atoms with E-state index in [0.29, 0.717) is 18.7 Å². The molecule has 0 spiro atoms. The van der Waals surface area contributed by atoms with Crippen LogP contribution in [0.4, 0.5) is 5.69 Å². The fourth-order valence-electron chi connectivity index (χ4n) is 2.54.